The Labute approximate surface area is 166 Å². The minimum absolute atomic E-state index is 0.0494. The van der Waals surface area contributed by atoms with Gasteiger partial charge in [0.2, 0.25) is 5.88 Å². The number of nitriles is 1. The van der Waals surface area contributed by atoms with Crippen LogP contribution in [0.3, 0.4) is 0 Å². The zero-order valence-electron chi connectivity index (χ0n) is 15.2. The maximum atomic E-state index is 11.0. The summed E-state index contributed by atoms with van der Waals surface area (Å²) in [5.74, 6) is -0.841. The van der Waals surface area contributed by atoms with Crippen molar-refractivity contribution in [2.75, 3.05) is 6.61 Å². The number of benzene rings is 3. The van der Waals surface area contributed by atoms with Crippen molar-refractivity contribution in [1.82, 2.24) is 9.97 Å². The highest BCUT2D eigenvalue weighted by atomic mass is 16.5. The Kier molecular flexibility index (Phi) is 4.87. The summed E-state index contributed by atoms with van der Waals surface area (Å²) in [5, 5.41) is 20.7. The van der Waals surface area contributed by atoms with Crippen LogP contribution in [0.2, 0.25) is 0 Å². The van der Waals surface area contributed by atoms with E-state index in [4.69, 9.17) is 9.84 Å². The summed E-state index contributed by atoms with van der Waals surface area (Å²) in [6.45, 7) is -0.602. The highest BCUT2D eigenvalue weighted by molar-refractivity contribution is 5.95. The van der Waals surface area contributed by atoms with Gasteiger partial charge in [-0.1, -0.05) is 72.8 Å². The number of rotatable bonds is 5. The number of carbonyl (C=O) groups is 1. The SMILES string of the molecule is N#Cc1c(OCC(=O)O)nc(-c2cccc3ccccc23)nc1-c1ccccc1. The molecule has 4 aromatic rings. The molecule has 1 N–H and O–H groups in total. The lowest BCUT2D eigenvalue weighted by molar-refractivity contribution is -0.139. The molecule has 0 aliphatic rings. The summed E-state index contributed by atoms with van der Waals surface area (Å²) in [5.41, 5.74) is 1.98. The fourth-order valence-electron chi connectivity index (χ4n) is 3.12. The predicted molar refractivity (Wildman–Crippen MR) is 108 cm³/mol. The van der Waals surface area contributed by atoms with Crippen LogP contribution in [0.5, 0.6) is 5.88 Å². The topological polar surface area (TPSA) is 96.1 Å². The van der Waals surface area contributed by atoms with Crippen LogP contribution in [0.25, 0.3) is 33.4 Å². The maximum absolute atomic E-state index is 11.0. The number of hydrogen-bond donors (Lipinski definition) is 1. The van der Waals surface area contributed by atoms with Crippen LogP contribution in [0.15, 0.2) is 72.8 Å². The molecular formula is C23H15N3O3. The second-order valence-corrected chi connectivity index (χ2v) is 6.26. The predicted octanol–water partition coefficient (Wildman–Crippen LogP) is 4.30. The van der Waals surface area contributed by atoms with Crippen LogP contribution in [0.1, 0.15) is 5.56 Å². The van der Waals surface area contributed by atoms with E-state index < -0.39 is 12.6 Å². The molecule has 0 unspecified atom stereocenters. The van der Waals surface area contributed by atoms with E-state index in [0.717, 1.165) is 16.3 Å². The Hall–Kier alpha value is -4.24. The lowest BCUT2D eigenvalue weighted by Crippen LogP contribution is -2.12. The van der Waals surface area contributed by atoms with E-state index in [-0.39, 0.29) is 11.4 Å². The number of ether oxygens (including phenoxy) is 1. The Morgan fingerprint density at radius 2 is 1.69 bits per heavy atom. The molecule has 0 amide bonds. The van der Waals surface area contributed by atoms with Crippen molar-refractivity contribution >= 4 is 16.7 Å². The number of aromatic nitrogens is 2. The van der Waals surface area contributed by atoms with Crippen LogP contribution in [0, 0.1) is 11.3 Å². The van der Waals surface area contributed by atoms with E-state index in [9.17, 15) is 10.1 Å². The molecule has 29 heavy (non-hydrogen) atoms. The van der Waals surface area contributed by atoms with Gasteiger partial charge < -0.3 is 9.84 Å². The largest absolute Gasteiger partial charge is 0.479 e. The first-order valence-electron chi connectivity index (χ1n) is 8.87. The average molecular weight is 381 g/mol. The number of nitrogens with zero attached hydrogens (tertiary/aromatic N) is 3. The van der Waals surface area contributed by atoms with Crippen molar-refractivity contribution in [2.45, 2.75) is 0 Å². The van der Waals surface area contributed by atoms with Crippen LogP contribution in [-0.4, -0.2) is 27.7 Å². The number of fused-ring (bicyclic) bond motifs is 1. The molecule has 0 aliphatic carbocycles. The minimum Gasteiger partial charge on any atom is -0.479 e. The van der Waals surface area contributed by atoms with Crippen LogP contribution in [0.4, 0.5) is 0 Å². The molecule has 4 rings (SSSR count). The van der Waals surface area contributed by atoms with Gasteiger partial charge in [0.1, 0.15) is 11.6 Å². The fourth-order valence-corrected chi connectivity index (χ4v) is 3.12. The van der Waals surface area contributed by atoms with Crippen molar-refractivity contribution in [1.29, 1.82) is 5.26 Å². The highest BCUT2D eigenvalue weighted by Crippen LogP contribution is 2.33. The first-order chi connectivity index (χ1) is 14.2. The summed E-state index contributed by atoms with van der Waals surface area (Å²) >= 11 is 0. The van der Waals surface area contributed by atoms with Crippen molar-refractivity contribution in [3.8, 4) is 34.6 Å². The van der Waals surface area contributed by atoms with E-state index in [1.807, 2.05) is 72.8 Å². The van der Waals surface area contributed by atoms with Gasteiger partial charge in [-0.25, -0.2) is 9.78 Å². The number of carboxylic acids is 1. The minimum atomic E-state index is -1.15. The molecule has 1 aromatic heterocycles. The third-order valence-electron chi connectivity index (χ3n) is 4.40. The normalized spacial score (nSPS) is 10.4. The molecule has 3 aromatic carbocycles. The van der Waals surface area contributed by atoms with Crippen molar-refractivity contribution in [2.24, 2.45) is 0 Å². The van der Waals surface area contributed by atoms with Gasteiger partial charge in [-0.3, -0.25) is 0 Å². The Morgan fingerprint density at radius 3 is 2.45 bits per heavy atom. The van der Waals surface area contributed by atoms with E-state index in [1.54, 1.807) is 0 Å². The smallest absolute Gasteiger partial charge is 0.341 e. The molecule has 0 saturated carbocycles. The molecule has 0 fully saturated rings. The molecule has 0 bridgehead atoms. The molecule has 1 heterocycles. The Morgan fingerprint density at radius 1 is 0.966 bits per heavy atom. The first kappa shape index (κ1) is 18.1. The van der Waals surface area contributed by atoms with Gasteiger partial charge in [0.05, 0.1) is 5.69 Å². The fraction of sp³-hybridized carbons (Fsp3) is 0.0435. The summed E-state index contributed by atoms with van der Waals surface area (Å²) in [6, 6.07) is 24.9. The molecule has 6 nitrogen and oxygen atoms in total. The van der Waals surface area contributed by atoms with Crippen LogP contribution < -0.4 is 4.74 Å². The monoisotopic (exact) mass is 381 g/mol. The molecule has 0 atom stereocenters. The molecule has 0 radical (unpaired) electrons. The zero-order chi connectivity index (χ0) is 20.2. The first-order valence-corrected chi connectivity index (χ1v) is 8.87. The number of hydrogen-bond acceptors (Lipinski definition) is 5. The van der Waals surface area contributed by atoms with Gasteiger partial charge in [0, 0.05) is 11.1 Å². The zero-order valence-corrected chi connectivity index (χ0v) is 15.2. The number of aliphatic carboxylic acids is 1. The second kappa shape index (κ2) is 7.79. The third-order valence-corrected chi connectivity index (χ3v) is 4.40. The summed E-state index contributed by atoms with van der Waals surface area (Å²) < 4.78 is 5.35. The second-order valence-electron chi connectivity index (χ2n) is 6.26. The molecule has 0 saturated heterocycles. The molecule has 140 valence electrons. The van der Waals surface area contributed by atoms with Crippen molar-refractivity contribution < 1.29 is 14.6 Å². The van der Waals surface area contributed by atoms with E-state index in [2.05, 4.69) is 16.0 Å². The van der Waals surface area contributed by atoms with E-state index in [0.29, 0.717) is 17.1 Å². The number of carboxylic acid groups (broad SMARTS) is 1. The molecule has 0 spiro atoms. The standard InChI is InChI=1S/C23H15N3O3/c24-13-19-21(16-8-2-1-3-9-16)25-22(26-23(19)29-14-20(27)28)18-12-6-10-15-7-4-5-11-17(15)18/h1-12H,14H2,(H,27,28). The highest BCUT2D eigenvalue weighted by Gasteiger charge is 2.19. The van der Waals surface area contributed by atoms with Gasteiger partial charge in [0.15, 0.2) is 12.4 Å². The average Bonchev–Trinajstić information content (AvgIpc) is 2.77. The van der Waals surface area contributed by atoms with E-state index in [1.165, 1.54) is 0 Å². The van der Waals surface area contributed by atoms with Gasteiger partial charge in [-0.15, -0.1) is 0 Å². The van der Waals surface area contributed by atoms with Gasteiger partial charge in [0.25, 0.3) is 0 Å². The quantitative estimate of drug-likeness (QED) is 0.554. The van der Waals surface area contributed by atoms with Crippen LogP contribution in [-0.2, 0) is 4.79 Å². The maximum Gasteiger partial charge on any atom is 0.341 e. The summed E-state index contributed by atoms with van der Waals surface area (Å²) in [7, 11) is 0. The molecule has 0 aliphatic heterocycles. The van der Waals surface area contributed by atoms with E-state index >= 15 is 0 Å². The van der Waals surface area contributed by atoms with Crippen molar-refractivity contribution in [3.63, 3.8) is 0 Å². The molecule has 6 heteroatoms. The van der Waals surface area contributed by atoms with Crippen molar-refractivity contribution in [3.05, 3.63) is 78.4 Å². The van der Waals surface area contributed by atoms with Gasteiger partial charge >= 0.3 is 5.97 Å². The summed E-state index contributed by atoms with van der Waals surface area (Å²) in [4.78, 5) is 20.1. The lowest BCUT2D eigenvalue weighted by Gasteiger charge is -2.13. The Bertz CT molecular complexity index is 1240. The summed E-state index contributed by atoms with van der Waals surface area (Å²) in [6.07, 6.45) is 0. The molecular weight excluding hydrogens is 366 g/mol. The van der Waals surface area contributed by atoms with Gasteiger partial charge in [-0.2, -0.15) is 10.2 Å². The lowest BCUT2D eigenvalue weighted by atomic mass is 10.0. The third kappa shape index (κ3) is 3.62. The Balaban J connectivity index is 1.98. The van der Waals surface area contributed by atoms with Crippen LogP contribution >= 0.6 is 0 Å². The van der Waals surface area contributed by atoms with Gasteiger partial charge in [-0.05, 0) is 10.8 Å².